The minimum atomic E-state index is -4.46. The van der Waals surface area contributed by atoms with Crippen LogP contribution in [0, 0.1) is 0 Å². The van der Waals surface area contributed by atoms with Crippen LogP contribution in [-0.4, -0.2) is 27.6 Å². The lowest BCUT2D eigenvalue weighted by molar-refractivity contribution is -0.140. The summed E-state index contributed by atoms with van der Waals surface area (Å²) in [6.45, 7) is 0. The molecule has 2 aromatic rings. The van der Waals surface area contributed by atoms with Gasteiger partial charge in [0.2, 0.25) is 0 Å². The number of aliphatic imine (C=N–C) groups is 2. The highest BCUT2D eigenvalue weighted by Gasteiger charge is 2.31. The van der Waals surface area contributed by atoms with E-state index in [9.17, 15) is 18.0 Å². The van der Waals surface area contributed by atoms with Crippen molar-refractivity contribution in [3.8, 4) is 0 Å². The van der Waals surface area contributed by atoms with Crippen molar-refractivity contribution in [2.45, 2.75) is 6.18 Å². The minimum Gasteiger partial charge on any atom is -0.351 e. The number of hydrogen-bond acceptors (Lipinski definition) is 3. The third-order valence-corrected chi connectivity index (χ3v) is 2.81. The van der Waals surface area contributed by atoms with E-state index in [4.69, 9.17) is 0 Å². The monoisotopic (exact) mass is 295 g/mol. The molecule has 0 aliphatic carbocycles. The Morgan fingerprint density at radius 1 is 1.10 bits per heavy atom. The Balaban J connectivity index is 2.18. The van der Waals surface area contributed by atoms with Gasteiger partial charge in [0, 0.05) is 18.1 Å². The normalized spacial score (nSPS) is 15.4. The number of halogens is 3. The molecular weight excluding hydrogens is 287 g/mol. The highest BCUT2D eigenvalue weighted by molar-refractivity contribution is 6.20. The summed E-state index contributed by atoms with van der Waals surface area (Å²) in [6.07, 6.45) is -0.272. The smallest absolute Gasteiger partial charge is 0.351 e. The molecule has 1 aliphatic rings. The summed E-state index contributed by atoms with van der Waals surface area (Å²) in [5.74, 6) is 0.280. The second-order valence-electron chi connectivity index (χ2n) is 4.22. The van der Waals surface area contributed by atoms with E-state index in [0.717, 1.165) is 6.07 Å². The van der Waals surface area contributed by atoms with Crippen LogP contribution in [0.2, 0.25) is 0 Å². The summed E-state index contributed by atoms with van der Waals surface area (Å²) in [5, 5.41) is 5.42. The highest BCUT2D eigenvalue weighted by Crippen LogP contribution is 2.28. The second-order valence-corrected chi connectivity index (χ2v) is 4.22. The van der Waals surface area contributed by atoms with E-state index < -0.39 is 17.4 Å². The molecule has 0 spiro atoms. The van der Waals surface area contributed by atoms with Gasteiger partial charge in [-0.05, 0) is 18.2 Å². The Morgan fingerprint density at radius 2 is 1.81 bits per heavy atom. The first-order valence-electron chi connectivity index (χ1n) is 5.81. The van der Waals surface area contributed by atoms with Crippen molar-refractivity contribution in [1.29, 1.82) is 0 Å². The topological polar surface area (TPSA) is 89.2 Å². The van der Waals surface area contributed by atoms with Gasteiger partial charge in [-0.25, -0.2) is 9.98 Å². The van der Waals surface area contributed by atoms with Crippen molar-refractivity contribution in [3.63, 3.8) is 0 Å². The molecule has 0 radical (unpaired) electrons. The number of aromatic nitrogens is 3. The number of alkyl halides is 3. The molecule has 0 saturated carbocycles. The summed E-state index contributed by atoms with van der Waals surface area (Å²) in [4.78, 5) is 21.8. The Kier molecular flexibility index (Phi) is 2.89. The van der Waals surface area contributed by atoms with Gasteiger partial charge >= 0.3 is 6.18 Å². The first-order valence-corrected chi connectivity index (χ1v) is 5.81. The average molecular weight is 295 g/mol. The fourth-order valence-electron chi connectivity index (χ4n) is 1.87. The quantitative estimate of drug-likeness (QED) is 0.684. The number of H-pyrrole nitrogens is 3. The van der Waals surface area contributed by atoms with E-state index in [1.165, 1.54) is 24.6 Å². The van der Waals surface area contributed by atoms with Crippen LogP contribution in [0.1, 0.15) is 11.4 Å². The standard InChI is InChI=1S/C12H8F3N5O/c13-12(14,15)8-2-1-6(18-8)5-7-9(19-20-11(7)21)10-16-3-4-17-10/h1-5,18-19H,(H,20,21). The molecule has 3 rings (SSSR count). The van der Waals surface area contributed by atoms with E-state index in [1.807, 2.05) is 0 Å². The van der Waals surface area contributed by atoms with Crippen molar-refractivity contribution in [2.75, 3.05) is 0 Å². The molecule has 108 valence electrons. The average Bonchev–Trinajstić information content (AvgIpc) is 3.11. The van der Waals surface area contributed by atoms with Crippen molar-refractivity contribution in [1.82, 2.24) is 15.2 Å². The fraction of sp³-hybridized carbons (Fsp3) is 0.0833. The lowest BCUT2D eigenvalue weighted by Crippen LogP contribution is -2.34. The first-order chi connectivity index (χ1) is 9.95. The van der Waals surface area contributed by atoms with Crippen LogP contribution in [0.25, 0.3) is 11.9 Å². The van der Waals surface area contributed by atoms with Gasteiger partial charge in [0.05, 0.1) is 5.22 Å². The maximum atomic E-state index is 12.5. The minimum absolute atomic E-state index is 0.150. The van der Waals surface area contributed by atoms with Gasteiger partial charge in [0.15, 0.2) is 5.82 Å². The summed E-state index contributed by atoms with van der Waals surface area (Å²) >= 11 is 0. The van der Waals surface area contributed by atoms with E-state index in [0.29, 0.717) is 5.35 Å². The van der Waals surface area contributed by atoms with Crippen LogP contribution in [0.3, 0.4) is 0 Å². The van der Waals surface area contributed by atoms with E-state index in [1.54, 1.807) is 0 Å². The molecule has 3 N–H and O–H groups in total. The predicted molar refractivity (Wildman–Crippen MR) is 70.4 cm³/mol. The number of rotatable bonds is 1. The molecule has 0 unspecified atom stereocenters. The summed E-state index contributed by atoms with van der Waals surface area (Å²) in [6, 6.07) is 2.15. The van der Waals surface area contributed by atoms with Crippen LogP contribution >= 0.6 is 0 Å². The molecule has 2 aromatic heterocycles. The van der Waals surface area contributed by atoms with Gasteiger partial charge in [-0.15, -0.1) is 0 Å². The van der Waals surface area contributed by atoms with Crippen molar-refractivity contribution in [2.24, 2.45) is 9.98 Å². The van der Waals surface area contributed by atoms with Gasteiger partial charge in [-0.1, -0.05) is 0 Å². The third-order valence-electron chi connectivity index (χ3n) is 2.81. The van der Waals surface area contributed by atoms with Crippen molar-refractivity contribution >= 4 is 24.3 Å². The molecule has 3 heterocycles. The molecule has 0 aromatic carbocycles. The lowest BCUT2D eigenvalue weighted by atomic mass is 10.3. The number of aromatic amines is 3. The molecule has 0 fully saturated rings. The molecule has 0 amide bonds. The Morgan fingerprint density at radius 3 is 2.43 bits per heavy atom. The van der Waals surface area contributed by atoms with Gasteiger partial charge < -0.3 is 4.98 Å². The summed E-state index contributed by atoms with van der Waals surface area (Å²) < 4.78 is 37.6. The third kappa shape index (κ3) is 2.45. The van der Waals surface area contributed by atoms with E-state index in [2.05, 4.69) is 25.2 Å². The molecule has 21 heavy (non-hydrogen) atoms. The maximum absolute atomic E-state index is 12.5. The van der Waals surface area contributed by atoms with Gasteiger partial charge in [0.25, 0.3) is 5.56 Å². The second kappa shape index (κ2) is 4.62. The molecule has 0 saturated heterocycles. The molecule has 9 heteroatoms. The van der Waals surface area contributed by atoms with Gasteiger partial charge in [-0.3, -0.25) is 15.0 Å². The Hall–Kier alpha value is -2.84. The van der Waals surface area contributed by atoms with E-state index >= 15 is 0 Å². The van der Waals surface area contributed by atoms with Crippen molar-refractivity contribution in [3.05, 3.63) is 44.4 Å². The number of hydrogen-bond donors (Lipinski definition) is 3. The Labute approximate surface area is 114 Å². The maximum Gasteiger partial charge on any atom is 0.431 e. The van der Waals surface area contributed by atoms with Crippen LogP contribution in [-0.2, 0) is 6.18 Å². The Bertz CT molecular complexity index is 896. The zero-order chi connectivity index (χ0) is 15.0. The van der Waals surface area contributed by atoms with Crippen LogP contribution < -0.4 is 16.1 Å². The van der Waals surface area contributed by atoms with Crippen molar-refractivity contribution < 1.29 is 13.2 Å². The first kappa shape index (κ1) is 13.2. The van der Waals surface area contributed by atoms with Crippen LogP contribution in [0.5, 0.6) is 0 Å². The molecular formula is C12H8F3N5O. The number of nitrogens with zero attached hydrogens (tertiary/aromatic N) is 2. The number of nitrogens with one attached hydrogen (secondary N) is 3. The highest BCUT2D eigenvalue weighted by atomic mass is 19.4. The zero-order valence-electron chi connectivity index (χ0n) is 10.3. The van der Waals surface area contributed by atoms with Gasteiger partial charge in [0.1, 0.15) is 11.0 Å². The van der Waals surface area contributed by atoms with E-state index in [-0.39, 0.29) is 16.7 Å². The predicted octanol–water partition coefficient (Wildman–Crippen LogP) is 0.0996. The van der Waals surface area contributed by atoms with Gasteiger partial charge in [-0.2, -0.15) is 13.2 Å². The largest absolute Gasteiger partial charge is 0.431 e. The molecule has 6 nitrogen and oxygen atoms in total. The zero-order valence-corrected chi connectivity index (χ0v) is 10.3. The summed E-state index contributed by atoms with van der Waals surface area (Å²) in [5.41, 5.74) is -1.20. The lowest BCUT2D eigenvalue weighted by Gasteiger charge is -2.01. The molecule has 1 aliphatic heterocycles. The van der Waals surface area contributed by atoms with Crippen LogP contribution in [0.15, 0.2) is 26.9 Å². The summed E-state index contributed by atoms with van der Waals surface area (Å²) in [7, 11) is 0. The van der Waals surface area contributed by atoms with Crippen LogP contribution in [0.4, 0.5) is 13.2 Å². The SMILES string of the molecule is O=c1[nH][nH]c(=C2N=CC=N2)c1=Cc1ccc(C(F)(F)F)[nH]1. The molecule has 0 bridgehead atoms. The fourth-order valence-corrected chi connectivity index (χ4v) is 1.87. The molecule has 0 atom stereocenters.